The molecule has 4 aliphatic rings. The van der Waals surface area contributed by atoms with Gasteiger partial charge in [0.1, 0.15) is 6.04 Å². The van der Waals surface area contributed by atoms with E-state index >= 15 is 0 Å². The van der Waals surface area contributed by atoms with Crippen molar-refractivity contribution in [2.75, 3.05) is 13.7 Å². The van der Waals surface area contributed by atoms with Gasteiger partial charge in [-0.15, -0.1) is 0 Å². The van der Waals surface area contributed by atoms with Crippen LogP contribution < -0.4 is 5.32 Å². The third-order valence-corrected chi connectivity index (χ3v) is 9.27. The average Bonchev–Trinajstić information content (AvgIpc) is 3.24. The lowest BCUT2D eigenvalue weighted by atomic mass is 9.61. The van der Waals surface area contributed by atoms with Crippen LogP contribution >= 0.6 is 23.2 Å². The number of methoxy groups -OCH3 is 1. The van der Waals surface area contributed by atoms with Crippen molar-refractivity contribution in [3.8, 4) is 0 Å². The molecule has 3 saturated carbocycles. The molecule has 1 aliphatic heterocycles. The number of nitrogens with one attached hydrogen (secondary N) is 1. The lowest BCUT2D eigenvalue weighted by Gasteiger charge is -2.47. The van der Waals surface area contributed by atoms with E-state index in [9.17, 15) is 18.0 Å². The van der Waals surface area contributed by atoms with Crippen molar-refractivity contribution in [2.45, 2.75) is 55.5 Å². The largest absolute Gasteiger partial charge is 0.469 e. The van der Waals surface area contributed by atoms with E-state index in [1.54, 1.807) is 0 Å². The number of benzene rings is 1. The summed E-state index contributed by atoms with van der Waals surface area (Å²) in [6.45, 7) is 0.238. The van der Waals surface area contributed by atoms with Crippen LogP contribution in [-0.2, 0) is 24.3 Å². The number of rotatable bonds is 5. The van der Waals surface area contributed by atoms with Crippen LogP contribution in [0.15, 0.2) is 23.1 Å². The van der Waals surface area contributed by atoms with Crippen molar-refractivity contribution in [2.24, 2.45) is 17.8 Å². The van der Waals surface area contributed by atoms with E-state index in [4.69, 9.17) is 27.9 Å². The normalized spacial score (nSPS) is 30.9. The van der Waals surface area contributed by atoms with Crippen LogP contribution in [0.2, 0.25) is 10.0 Å². The Labute approximate surface area is 192 Å². The van der Waals surface area contributed by atoms with Gasteiger partial charge >= 0.3 is 5.97 Å². The van der Waals surface area contributed by atoms with Gasteiger partial charge in [-0.25, -0.2) is 8.42 Å². The topological polar surface area (TPSA) is 92.8 Å². The third kappa shape index (κ3) is 4.32. The Morgan fingerprint density at radius 3 is 2.26 bits per heavy atom. The molecule has 1 aromatic carbocycles. The molecule has 1 aromatic rings. The summed E-state index contributed by atoms with van der Waals surface area (Å²) < 4.78 is 32.7. The molecule has 0 radical (unpaired) electrons. The molecule has 3 atom stereocenters. The van der Waals surface area contributed by atoms with Crippen LogP contribution in [0.4, 0.5) is 0 Å². The Kier molecular flexibility index (Phi) is 6.54. The van der Waals surface area contributed by atoms with Crippen molar-refractivity contribution in [3.05, 3.63) is 28.2 Å². The highest BCUT2D eigenvalue weighted by atomic mass is 35.5. The molecule has 1 saturated heterocycles. The zero-order valence-electron chi connectivity index (χ0n) is 17.2. The quantitative estimate of drug-likeness (QED) is 0.642. The predicted molar refractivity (Wildman–Crippen MR) is 116 cm³/mol. The molecule has 3 aliphatic carbocycles. The fourth-order valence-electron chi connectivity index (χ4n) is 5.50. The van der Waals surface area contributed by atoms with Crippen LogP contribution in [0.1, 0.15) is 38.5 Å². The number of hydrogen-bond donors (Lipinski definition) is 1. The van der Waals surface area contributed by atoms with Gasteiger partial charge in [0.25, 0.3) is 0 Å². The number of ether oxygens (including phenoxy) is 1. The van der Waals surface area contributed by atoms with Gasteiger partial charge in [0.05, 0.1) is 17.9 Å². The molecule has 1 N–H and O–H groups in total. The fourth-order valence-corrected chi connectivity index (χ4v) is 7.88. The van der Waals surface area contributed by atoms with E-state index in [2.05, 4.69) is 5.32 Å². The maximum absolute atomic E-state index is 13.2. The van der Waals surface area contributed by atoms with Crippen molar-refractivity contribution < 1.29 is 22.7 Å². The average molecular weight is 489 g/mol. The molecular formula is C21H26Cl2N2O5S. The van der Waals surface area contributed by atoms with Crippen molar-refractivity contribution in [1.82, 2.24) is 9.62 Å². The van der Waals surface area contributed by atoms with Gasteiger partial charge < -0.3 is 10.1 Å². The standard InChI is InChI=1S/C21H26Cl2N2O5S/c1-30-21(27)18-12-4-6-13(7-5-12)19(18)24-20(26)17-3-2-8-25(17)31(28,29)16-10-14(22)9-15(23)11-16/h9-13,17-19H,2-8H2,1H3,(H,24,26)/t12?,13?,17-,18?,19?/m0/s1. The Balaban J connectivity index is 1.56. The summed E-state index contributed by atoms with van der Waals surface area (Å²) in [6, 6.07) is 2.98. The number of fused-ring (bicyclic) bond motifs is 3. The summed E-state index contributed by atoms with van der Waals surface area (Å²) in [7, 11) is -2.59. The molecule has 31 heavy (non-hydrogen) atoms. The summed E-state index contributed by atoms with van der Waals surface area (Å²) >= 11 is 12.0. The fraction of sp³-hybridized carbons (Fsp3) is 0.619. The summed E-state index contributed by atoms with van der Waals surface area (Å²) in [5.74, 6) is -0.638. The Morgan fingerprint density at radius 1 is 1.03 bits per heavy atom. The minimum Gasteiger partial charge on any atom is -0.469 e. The van der Waals surface area contributed by atoms with Gasteiger partial charge in [-0.05, 0) is 68.6 Å². The first-order valence-corrected chi connectivity index (χ1v) is 12.8. The summed E-state index contributed by atoms with van der Waals surface area (Å²) in [5, 5.41) is 3.46. The lowest BCUT2D eigenvalue weighted by molar-refractivity contribution is -0.154. The molecule has 2 bridgehead atoms. The lowest BCUT2D eigenvalue weighted by Crippen LogP contribution is -2.59. The predicted octanol–water partition coefficient (Wildman–Crippen LogP) is 3.24. The molecule has 4 fully saturated rings. The number of carbonyl (C=O) groups excluding carboxylic acids is 2. The van der Waals surface area contributed by atoms with Crippen molar-refractivity contribution >= 4 is 45.1 Å². The molecular weight excluding hydrogens is 463 g/mol. The number of carbonyl (C=O) groups is 2. The van der Waals surface area contributed by atoms with Crippen LogP contribution in [0.25, 0.3) is 0 Å². The number of amides is 1. The Bertz CT molecular complexity index is 958. The highest BCUT2D eigenvalue weighted by molar-refractivity contribution is 7.89. The zero-order valence-corrected chi connectivity index (χ0v) is 19.5. The molecule has 1 heterocycles. The molecule has 1 amide bonds. The van der Waals surface area contributed by atoms with Crippen molar-refractivity contribution in [1.29, 1.82) is 0 Å². The SMILES string of the molecule is COC(=O)C1C2CCC(CC2)C1NC(=O)[C@@H]1CCCN1S(=O)(=O)c1cc(Cl)cc(Cl)c1. The van der Waals surface area contributed by atoms with E-state index in [-0.39, 0.29) is 57.2 Å². The molecule has 0 spiro atoms. The Hall–Kier alpha value is -1.35. The highest BCUT2D eigenvalue weighted by Gasteiger charge is 2.49. The second-order valence-electron chi connectivity index (χ2n) is 8.64. The molecule has 10 heteroatoms. The number of esters is 1. The van der Waals surface area contributed by atoms with Gasteiger partial charge in [-0.3, -0.25) is 9.59 Å². The van der Waals surface area contributed by atoms with Gasteiger partial charge in [0.15, 0.2) is 0 Å². The van der Waals surface area contributed by atoms with Crippen LogP contribution in [0.5, 0.6) is 0 Å². The maximum atomic E-state index is 13.2. The molecule has 7 nitrogen and oxygen atoms in total. The first kappa shape index (κ1) is 22.8. The van der Waals surface area contributed by atoms with E-state index in [0.717, 1.165) is 25.7 Å². The monoisotopic (exact) mass is 488 g/mol. The highest BCUT2D eigenvalue weighted by Crippen LogP contribution is 2.46. The number of sulfonamides is 1. The third-order valence-electron chi connectivity index (χ3n) is 6.95. The minimum atomic E-state index is -3.95. The summed E-state index contributed by atoms with van der Waals surface area (Å²) in [4.78, 5) is 25.7. The number of halogens is 2. The summed E-state index contributed by atoms with van der Waals surface area (Å²) in [5.41, 5.74) is 0. The van der Waals surface area contributed by atoms with Gasteiger partial charge in [0.2, 0.25) is 15.9 Å². The first-order valence-electron chi connectivity index (χ1n) is 10.6. The second-order valence-corrected chi connectivity index (χ2v) is 11.4. The minimum absolute atomic E-state index is 0.0335. The van der Waals surface area contributed by atoms with Gasteiger partial charge in [-0.2, -0.15) is 4.31 Å². The van der Waals surface area contributed by atoms with Crippen LogP contribution in [0, 0.1) is 17.8 Å². The smallest absolute Gasteiger partial charge is 0.311 e. The van der Waals surface area contributed by atoms with Crippen molar-refractivity contribution in [3.63, 3.8) is 0 Å². The number of hydrogen-bond acceptors (Lipinski definition) is 5. The summed E-state index contributed by atoms with van der Waals surface area (Å²) in [6.07, 6.45) is 4.81. The molecule has 5 rings (SSSR count). The van der Waals surface area contributed by atoms with Crippen LogP contribution in [-0.4, -0.2) is 50.3 Å². The molecule has 2 unspecified atom stereocenters. The van der Waals surface area contributed by atoms with E-state index in [1.807, 2.05) is 0 Å². The van der Waals surface area contributed by atoms with E-state index < -0.39 is 16.1 Å². The molecule has 0 aromatic heterocycles. The first-order chi connectivity index (χ1) is 14.7. The van der Waals surface area contributed by atoms with Gasteiger partial charge in [0, 0.05) is 22.6 Å². The second kappa shape index (κ2) is 8.89. The van der Waals surface area contributed by atoms with E-state index in [0.29, 0.717) is 12.8 Å². The van der Waals surface area contributed by atoms with Crippen LogP contribution in [0.3, 0.4) is 0 Å². The van der Waals surface area contributed by atoms with Gasteiger partial charge in [-0.1, -0.05) is 23.2 Å². The zero-order chi connectivity index (χ0) is 22.3. The maximum Gasteiger partial charge on any atom is 0.311 e. The Morgan fingerprint density at radius 2 is 1.65 bits per heavy atom. The van der Waals surface area contributed by atoms with E-state index in [1.165, 1.54) is 29.6 Å². The molecule has 170 valence electrons. The number of nitrogens with zero attached hydrogens (tertiary/aromatic N) is 1.